The Labute approximate surface area is 57.0 Å². The van der Waals surface area contributed by atoms with Gasteiger partial charge in [0.15, 0.2) is 0 Å². The molecule has 0 aromatic rings. The summed E-state index contributed by atoms with van der Waals surface area (Å²) in [4.78, 5) is 0. The van der Waals surface area contributed by atoms with Crippen LogP contribution in [0.15, 0.2) is 0 Å². The van der Waals surface area contributed by atoms with Gasteiger partial charge in [-0.15, -0.1) is 0 Å². The normalized spacial score (nSPS) is 23.0. The number of nitrogens with one attached hydrogen (secondary N) is 2. The van der Waals surface area contributed by atoms with E-state index < -0.39 is 0 Å². The molecular weight excluding hydrogens is 112 g/mol. The first-order chi connectivity index (χ1) is 4.11. The molecule has 0 radical (unpaired) electrons. The van der Waals surface area contributed by atoms with Gasteiger partial charge >= 0.3 is 0 Å². The van der Waals surface area contributed by atoms with Crippen LogP contribution < -0.4 is 10.6 Å². The maximum atomic E-state index is 3.39. The molecule has 0 spiro atoms. The Kier molecular flexibility index (Phi) is 1.78. The van der Waals surface area contributed by atoms with Crippen LogP contribution in [-0.4, -0.2) is 19.3 Å². The van der Waals surface area contributed by atoms with E-state index in [1.165, 1.54) is 0 Å². The van der Waals surface area contributed by atoms with Gasteiger partial charge in [-0.1, -0.05) is 20.8 Å². The second kappa shape index (κ2) is 2.27. The maximum Gasteiger partial charge on any atom is 0.0622 e. The van der Waals surface area contributed by atoms with Gasteiger partial charge in [0, 0.05) is 13.1 Å². The van der Waals surface area contributed by atoms with Crippen molar-refractivity contribution in [3.63, 3.8) is 0 Å². The van der Waals surface area contributed by atoms with Gasteiger partial charge in [-0.3, -0.25) is 0 Å². The zero-order chi connectivity index (χ0) is 6.91. The van der Waals surface area contributed by atoms with E-state index in [-0.39, 0.29) is 0 Å². The summed E-state index contributed by atoms with van der Waals surface area (Å²) in [5.74, 6) is 0. The number of hydrogen-bond acceptors (Lipinski definition) is 2. The average molecular weight is 128 g/mol. The fourth-order valence-electron chi connectivity index (χ4n) is 1.12. The molecule has 2 N–H and O–H groups in total. The molecule has 1 aliphatic heterocycles. The predicted octanol–water partition coefficient (Wildman–Crippen LogP) is 0.551. The van der Waals surface area contributed by atoms with E-state index in [1.807, 2.05) is 0 Å². The molecule has 0 aromatic heterocycles. The quantitative estimate of drug-likeness (QED) is 0.498. The molecule has 0 aromatic carbocycles. The third kappa shape index (κ3) is 1.66. The van der Waals surface area contributed by atoms with Gasteiger partial charge in [-0.2, -0.15) is 0 Å². The van der Waals surface area contributed by atoms with Crippen molar-refractivity contribution < 1.29 is 0 Å². The van der Waals surface area contributed by atoms with E-state index >= 15 is 0 Å². The monoisotopic (exact) mass is 128 g/mol. The lowest BCUT2D eigenvalue weighted by atomic mass is 9.93. The van der Waals surface area contributed by atoms with E-state index in [4.69, 9.17) is 0 Å². The van der Waals surface area contributed by atoms with E-state index in [0.717, 1.165) is 13.1 Å². The molecule has 1 fully saturated rings. The Morgan fingerprint density at radius 2 is 1.56 bits per heavy atom. The second-order valence-corrected chi connectivity index (χ2v) is 3.71. The van der Waals surface area contributed by atoms with Crippen molar-refractivity contribution in [1.29, 1.82) is 0 Å². The minimum Gasteiger partial charge on any atom is -0.300 e. The van der Waals surface area contributed by atoms with Crippen LogP contribution >= 0.6 is 0 Å². The smallest absolute Gasteiger partial charge is 0.0622 e. The van der Waals surface area contributed by atoms with Crippen LogP contribution in [0.25, 0.3) is 0 Å². The Balaban J connectivity index is 2.42. The van der Waals surface area contributed by atoms with Gasteiger partial charge in [0.05, 0.1) is 6.17 Å². The first-order valence-electron chi connectivity index (χ1n) is 3.57. The summed E-state index contributed by atoms with van der Waals surface area (Å²) in [6.07, 6.45) is 0.512. The lowest BCUT2D eigenvalue weighted by molar-refractivity contribution is 0.272. The number of hydrogen-bond donors (Lipinski definition) is 2. The largest absolute Gasteiger partial charge is 0.300 e. The summed E-state index contributed by atoms with van der Waals surface area (Å²) in [6.45, 7) is 8.94. The Bertz CT molecular complexity index is 87.6. The third-order valence-corrected chi connectivity index (χ3v) is 1.69. The van der Waals surface area contributed by atoms with Crippen molar-refractivity contribution in [3.8, 4) is 0 Å². The van der Waals surface area contributed by atoms with Crippen LogP contribution in [-0.2, 0) is 0 Å². The zero-order valence-electron chi connectivity index (χ0n) is 6.49. The van der Waals surface area contributed by atoms with Gasteiger partial charge in [-0.05, 0) is 5.41 Å². The fraction of sp³-hybridized carbons (Fsp3) is 1.00. The van der Waals surface area contributed by atoms with E-state index in [0.29, 0.717) is 11.6 Å². The van der Waals surface area contributed by atoms with Gasteiger partial charge in [-0.25, -0.2) is 0 Å². The summed E-state index contributed by atoms with van der Waals surface area (Å²) in [6, 6.07) is 0. The molecule has 1 heterocycles. The molecule has 0 atom stereocenters. The third-order valence-electron chi connectivity index (χ3n) is 1.69. The molecule has 0 saturated carbocycles. The lowest BCUT2D eigenvalue weighted by Gasteiger charge is -2.26. The average Bonchev–Trinajstić information content (AvgIpc) is 2.08. The van der Waals surface area contributed by atoms with Crippen molar-refractivity contribution in [2.24, 2.45) is 5.41 Å². The van der Waals surface area contributed by atoms with Gasteiger partial charge < -0.3 is 10.6 Å². The van der Waals surface area contributed by atoms with Gasteiger partial charge in [0.25, 0.3) is 0 Å². The van der Waals surface area contributed by atoms with Crippen molar-refractivity contribution in [1.82, 2.24) is 10.6 Å². The van der Waals surface area contributed by atoms with Gasteiger partial charge in [0.1, 0.15) is 0 Å². The highest BCUT2D eigenvalue weighted by molar-refractivity contribution is 4.82. The summed E-state index contributed by atoms with van der Waals surface area (Å²) in [7, 11) is 0. The highest BCUT2D eigenvalue weighted by Crippen LogP contribution is 2.18. The first-order valence-corrected chi connectivity index (χ1v) is 3.57. The molecule has 2 heteroatoms. The number of rotatable bonds is 0. The van der Waals surface area contributed by atoms with Crippen LogP contribution in [0, 0.1) is 5.41 Å². The summed E-state index contributed by atoms with van der Waals surface area (Å²) in [5, 5.41) is 6.77. The lowest BCUT2D eigenvalue weighted by Crippen LogP contribution is -2.42. The molecule has 0 unspecified atom stereocenters. The molecule has 1 aliphatic rings. The van der Waals surface area contributed by atoms with Crippen molar-refractivity contribution >= 4 is 0 Å². The summed E-state index contributed by atoms with van der Waals surface area (Å²) < 4.78 is 0. The van der Waals surface area contributed by atoms with Gasteiger partial charge in [0.2, 0.25) is 0 Å². The molecular formula is C7H16N2. The van der Waals surface area contributed by atoms with Crippen LogP contribution in [0.3, 0.4) is 0 Å². The molecule has 0 bridgehead atoms. The minimum absolute atomic E-state index is 0.358. The standard InChI is InChI=1S/C7H16N2/c1-7(2,3)6-8-4-5-9-6/h6,8-9H,4-5H2,1-3H3. The fourth-order valence-corrected chi connectivity index (χ4v) is 1.12. The molecule has 0 aliphatic carbocycles. The molecule has 9 heavy (non-hydrogen) atoms. The zero-order valence-corrected chi connectivity index (χ0v) is 6.49. The Morgan fingerprint density at radius 3 is 1.78 bits per heavy atom. The molecule has 54 valence electrons. The topological polar surface area (TPSA) is 24.1 Å². The van der Waals surface area contributed by atoms with Crippen molar-refractivity contribution in [2.75, 3.05) is 13.1 Å². The molecule has 1 rings (SSSR count). The molecule has 0 amide bonds. The van der Waals surface area contributed by atoms with Crippen LogP contribution in [0.5, 0.6) is 0 Å². The Hall–Kier alpha value is -0.0800. The van der Waals surface area contributed by atoms with Crippen molar-refractivity contribution in [3.05, 3.63) is 0 Å². The maximum absolute atomic E-state index is 3.39. The molecule has 1 saturated heterocycles. The summed E-state index contributed by atoms with van der Waals surface area (Å²) >= 11 is 0. The van der Waals surface area contributed by atoms with Crippen LogP contribution in [0.1, 0.15) is 20.8 Å². The minimum atomic E-state index is 0.358. The van der Waals surface area contributed by atoms with E-state index in [1.54, 1.807) is 0 Å². The van der Waals surface area contributed by atoms with E-state index in [9.17, 15) is 0 Å². The van der Waals surface area contributed by atoms with E-state index in [2.05, 4.69) is 31.4 Å². The summed E-state index contributed by atoms with van der Waals surface area (Å²) in [5.41, 5.74) is 0.358. The SMILES string of the molecule is CC(C)(C)C1NCCN1. The van der Waals surface area contributed by atoms with Crippen LogP contribution in [0.4, 0.5) is 0 Å². The first kappa shape index (κ1) is 7.03. The molecule has 2 nitrogen and oxygen atoms in total. The Morgan fingerprint density at radius 1 is 1.11 bits per heavy atom. The van der Waals surface area contributed by atoms with Crippen molar-refractivity contribution in [2.45, 2.75) is 26.9 Å². The van der Waals surface area contributed by atoms with Crippen LogP contribution in [0.2, 0.25) is 0 Å². The highest BCUT2D eigenvalue weighted by atomic mass is 15.2. The predicted molar refractivity (Wildman–Crippen MR) is 39.2 cm³/mol. The highest BCUT2D eigenvalue weighted by Gasteiger charge is 2.25. The second-order valence-electron chi connectivity index (χ2n) is 3.71.